The largest absolute Gasteiger partial charge is 0.461 e. The van der Waals surface area contributed by atoms with Gasteiger partial charge in [0.25, 0.3) is 0 Å². The second-order valence-corrected chi connectivity index (χ2v) is 5.77. The molecule has 7 heteroatoms. The lowest BCUT2D eigenvalue weighted by atomic mass is 10.2. The van der Waals surface area contributed by atoms with Gasteiger partial charge in [-0.1, -0.05) is 25.6 Å². The van der Waals surface area contributed by atoms with Crippen LogP contribution in [-0.2, 0) is 11.8 Å². The lowest BCUT2D eigenvalue weighted by molar-refractivity contribution is -0.118. The van der Waals surface area contributed by atoms with Crippen molar-refractivity contribution in [3.63, 3.8) is 0 Å². The van der Waals surface area contributed by atoms with Crippen LogP contribution in [0.15, 0.2) is 28.0 Å². The van der Waals surface area contributed by atoms with Crippen LogP contribution in [0.2, 0.25) is 0 Å². The molecule has 0 spiro atoms. The van der Waals surface area contributed by atoms with Gasteiger partial charge in [-0.15, -0.1) is 10.2 Å². The Balaban J connectivity index is 1.93. The van der Waals surface area contributed by atoms with E-state index in [1.54, 1.807) is 12.3 Å². The summed E-state index contributed by atoms with van der Waals surface area (Å²) in [5.41, 5.74) is 0. The average molecular weight is 294 g/mol. The summed E-state index contributed by atoms with van der Waals surface area (Å²) < 4.78 is 7.11. The Morgan fingerprint density at radius 2 is 2.30 bits per heavy atom. The van der Waals surface area contributed by atoms with Crippen LogP contribution < -0.4 is 5.32 Å². The summed E-state index contributed by atoms with van der Waals surface area (Å²) in [5.74, 6) is 2.10. The monoisotopic (exact) mass is 294 g/mol. The topological polar surface area (TPSA) is 73.0 Å². The van der Waals surface area contributed by atoms with Gasteiger partial charge in [-0.25, -0.2) is 0 Å². The molecule has 2 aromatic rings. The summed E-state index contributed by atoms with van der Waals surface area (Å²) in [7, 11) is 1.85. The van der Waals surface area contributed by atoms with Crippen LogP contribution in [0, 0.1) is 5.92 Å². The van der Waals surface area contributed by atoms with Crippen molar-refractivity contribution in [2.75, 3.05) is 12.3 Å². The molecule has 108 valence electrons. The van der Waals surface area contributed by atoms with Crippen molar-refractivity contribution in [2.45, 2.75) is 19.0 Å². The molecule has 20 heavy (non-hydrogen) atoms. The van der Waals surface area contributed by atoms with Gasteiger partial charge in [-0.2, -0.15) is 0 Å². The quantitative estimate of drug-likeness (QED) is 0.824. The molecule has 0 saturated heterocycles. The van der Waals surface area contributed by atoms with E-state index in [0.717, 1.165) is 0 Å². The summed E-state index contributed by atoms with van der Waals surface area (Å²) in [6, 6.07) is 3.63. The Morgan fingerprint density at radius 3 is 2.95 bits per heavy atom. The summed E-state index contributed by atoms with van der Waals surface area (Å²) in [4.78, 5) is 11.7. The first-order chi connectivity index (χ1) is 9.58. The summed E-state index contributed by atoms with van der Waals surface area (Å²) in [6.45, 7) is 4.81. The zero-order valence-electron chi connectivity index (χ0n) is 11.8. The molecule has 1 N–H and O–H groups in total. The molecule has 0 atom stereocenters. The average Bonchev–Trinajstić information content (AvgIpc) is 3.03. The molecule has 0 fully saturated rings. The van der Waals surface area contributed by atoms with Gasteiger partial charge in [0.15, 0.2) is 16.7 Å². The maximum Gasteiger partial charge on any atom is 0.230 e. The van der Waals surface area contributed by atoms with E-state index in [9.17, 15) is 4.79 Å². The number of carbonyl (C=O) groups is 1. The van der Waals surface area contributed by atoms with E-state index < -0.39 is 0 Å². The van der Waals surface area contributed by atoms with E-state index in [1.165, 1.54) is 11.8 Å². The zero-order valence-corrected chi connectivity index (χ0v) is 12.6. The number of amides is 1. The van der Waals surface area contributed by atoms with E-state index in [2.05, 4.69) is 29.4 Å². The van der Waals surface area contributed by atoms with Gasteiger partial charge < -0.3 is 14.3 Å². The molecule has 0 aliphatic rings. The van der Waals surface area contributed by atoms with Gasteiger partial charge in [0.2, 0.25) is 5.91 Å². The fourth-order valence-electron chi connectivity index (χ4n) is 1.56. The molecule has 0 unspecified atom stereocenters. The van der Waals surface area contributed by atoms with Crippen LogP contribution in [0.3, 0.4) is 0 Å². The Kier molecular flexibility index (Phi) is 4.84. The van der Waals surface area contributed by atoms with E-state index in [0.29, 0.717) is 35.0 Å². The number of nitrogens with one attached hydrogen (secondary N) is 1. The first kappa shape index (κ1) is 14.6. The van der Waals surface area contributed by atoms with Crippen molar-refractivity contribution < 1.29 is 9.21 Å². The number of thioether (sulfide) groups is 1. The molecule has 0 saturated carbocycles. The fourth-order valence-corrected chi connectivity index (χ4v) is 2.30. The lowest BCUT2D eigenvalue weighted by Gasteiger charge is -2.07. The number of carbonyl (C=O) groups excluding carboxylic acids is 1. The predicted octanol–water partition coefficient (Wildman–Crippen LogP) is 1.94. The van der Waals surface area contributed by atoms with E-state index in [1.807, 2.05) is 17.7 Å². The smallest absolute Gasteiger partial charge is 0.230 e. The predicted molar refractivity (Wildman–Crippen MR) is 77.3 cm³/mol. The number of hydrogen-bond donors (Lipinski definition) is 1. The highest BCUT2D eigenvalue weighted by Crippen LogP contribution is 2.22. The first-order valence-corrected chi connectivity index (χ1v) is 7.39. The number of furan rings is 1. The van der Waals surface area contributed by atoms with Crippen molar-refractivity contribution in [3.05, 3.63) is 18.4 Å². The van der Waals surface area contributed by atoms with Gasteiger partial charge in [0.05, 0.1) is 12.0 Å². The molecule has 0 aromatic carbocycles. The lowest BCUT2D eigenvalue weighted by Crippen LogP contribution is -2.28. The molecule has 2 aromatic heterocycles. The Labute approximate surface area is 121 Å². The molecule has 0 aliphatic carbocycles. The molecule has 2 rings (SSSR count). The zero-order chi connectivity index (χ0) is 14.5. The summed E-state index contributed by atoms with van der Waals surface area (Å²) in [5, 5.41) is 11.7. The third-order valence-corrected chi connectivity index (χ3v) is 3.64. The van der Waals surface area contributed by atoms with Crippen LogP contribution >= 0.6 is 11.8 Å². The number of rotatable bonds is 6. The summed E-state index contributed by atoms with van der Waals surface area (Å²) >= 11 is 1.36. The molecular formula is C13H18N4O2S. The van der Waals surface area contributed by atoms with Gasteiger partial charge in [0, 0.05) is 13.6 Å². The van der Waals surface area contributed by atoms with E-state index in [4.69, 9.17) is 4.42 Å². The number of hydrogen-bond acceptors (Lipinski definition) is 5. The highest BCUT2D eigenvalue weighted by Gasteiger charge is 2.14. The van der Waals surface area contributed by atoms with Crippen molar-refractivity contribution in [1.29, 1.82) is 0 Å². The standard InChI is InChI=1S/C13H18N4O2S/c1-9(2)7-14-11(18)8-20-13-16-15-12(17(13)3)10-5-4-6-19-10/h4-6,9H,7-8H2,1-3H3,(H,14,18). The summed E-state index contributed by atoms with van der Waals surface area (Å²) in [6.07, 6.45) is 1.59. The third kappa shape index (κ3) is 3.63. The fraction of sp³-hybridized carbons (Fsp3) is 0.462. The van der Waals surface area contributed by atoms with Crippen molar-refractivity contribution in [1.82, 2.24) is 20.1 Å². The van der Waals surface area contributed by atoms with Gasteiger partial charge >= 0.3 is 0 Å². The Bertz CT molecular complexity index is 563. The maximum absolute atomic E-state index is 11.7. The molecule has 6 nitrogen and oxygen atoms in total. The van der Waals surface area contributed by atoms with Crippen LogP contribution in [0.4, 0.5) is 0 Å². The minimum Gasteiger partial charge on any atom is -0.461 e. The first-order valence-electron chi connectivity index (χ1n) is 6.40. The molecule has 1 amide bonds. The third-order valence-electron chi connectivity index (χ3n) is 2.62. The SMILES string of the molecule is CC(C)CNC(=O)CSc1nnc(-c2ccco2)n1C. The van der Waals surface area contributed by atoms with Crippen LogP contribution in [0.25, 0.3) is 11.6 Å². The van der Waals surface area contributed by atoms with Gasteiger partial charge in [-0.3, -0.25) is 4.79 Å². The second-order valence-electron chi connectivity index (χ2n) is 4.83. The van der Waals surface area contributed by atoms with E-state index in [-0.39, 0.29) is 5.91 Å². The number of aromatic nitrogens is 3. The van der Waals surface area contributed by atoms with Crippen molar-refractivity contribution in [2.24, 2.45) is 13.0 Å². The Morgan fingerprint density at radius 1 is 1.50 bits per heavy atom. The van der Waals surface area contributed by atoms with Crippen molar-refractivity contribution >= 4 is 17.7 Å². The minimum absolute atomic E-state index is 0.00579. The highest BCUT2D eigenvalue weighted by molar-refractivity contribution is 7.99. The van der Waals surface area contributed by atoms with E-state index >= 15 is 0 Å². The molecule has 0 radical (unpaired) electrons. The van der Waals surface area contributed by atoms with Crippen LogP contribution in [0.5, 0.6) is 0 Å². The second kappa shape index (κ2) is 6.60. The maximum atomic E-state index is 11.7. The number of nitrogens with zero attached hydrogens (tertiary/aromatic N) is 3. The molecule has 0 bridgehead atoms. The molecule has 0 aliphatic heterocycles. The highest BCUT2D eigenvalue weighted by atomic mass is 32.2. The van der Waals surface area contributed by atoms with Crippen molar-refractivity contribution in [3.8, 4) is 11.6 Å². The normalized spacial score (nSPS) is 11.0. The molecule has 2 heterocycles. The van der Waals surface area contributed by atoms with Gasteiger partial charge in [-0.05, 0) is 18.1 Å². The van der Waals surface area contributed by atoms with Crippen LogP contribution in [0.1, 0.15) is 13.8 Å². The molecular weight excluding hydrogens is 276 g/mol. The van der Waals surface area contributed by atoms with Gasteiger partial charge in [0.1, 0.15) is 0 Å². The Hall–Kier alpha value is -1.76. The minimum atomic E-state index is 0.00579. The van der Waals surface area contributed by atoms with Crippen LogP contribution in [-0.4, -0.2) is 33.0 Å².